The second kappa shape index (κ2) is 9.13. The maximum atomic E-state index is 13.4. The molecule has 1 heterocycles. The summed E-state index contributed by atoms with van der Waals surface area (Å²) in [7, 11) is 0. The van der Waals surface area contributed by atoms with Crippen LogP contribution in [0.3, 0.4) is 0 Å². The van der Waals surface area contributed by atoms with Gasteiger partial charge in [0.2, 0.25) is 0 Å². The number of nitrogens with zero attached hydrogens (tertiary/aromatic N) is 1. The quantitative estimate of drug-likeness (QED) is 0.457. The Labute approximate surface area is 165 Å². The minimum absolute atomic E-state index is 0.135. The summed E-state index contributed by atoms with van der Waals surface area (Å²) in [5.74, 6) is -3.20. The zero-order valence-electron chi connectivity index (χ0n) is 15.9. The van der Waals surface area contributed by atoms with Gasteiger partial charge in [-0.15, -0.1) is 0 Å². The summed E-state index contributed by atoms with van der Waals surface area (Å²) in [6.45, 7) is 1.99. The number of amides is 6. The molecule has 0 atom stereocenters. The van der Waals surface area contributed by atoms with E-state index in [1.165, 1.54) is 18.2 Å². The molecule has 0 radical (unpaired) electrons. The standard InChI is InChI=1S/C18H21FN4O6/c1-3-18(4-2)15(26)23(17(28)22-18)9-14(25)29-10-13(24)21-16(27)20-12-8-6-5-7-11(12)19/h5-8H,3-4,9-10H2,1-2H3,(H,22,28)(H2,20,21,24,27). The maximum Gasteiger partial charge on any atom is 0.326 e. The van der Waals surface area contributed by atoms with Gasteiger partial charge in [-0.2, -0.15) is 0 Å². The van der Waals surface area contributed by atoms with E-state index < -0.39 is 54.4 Å². The van der Waals surface area contributed by atoms with Crippen LogP contribution in [0.5, 0.6) is 0 Å². The number of ether oxygens (including phenoxy) is 1. The summed E-state index contributed by atoms with van der Waals surface area (Å²) in [5, 5.41) is 6.55. The molecule has 1 aromatic carbocycles. The van der Waals surface area contributed by atoms with Crippen molar-refractivity contribution in [2.45, 2.75) is 32.2 Å². The van der Waals surface area contributed by atoms with E-state index in [0.717, 1.165) is 11.0 Å². The van der Waals surface area contributed by atoms with Crippen molar-refractivity contribution in [3.63, 3.8) is 0 Å². The van der Waals surface area contributed by atoms with Gasteiger partial charge in [-0.25, -0.2) is 14.0 Å². The predicted octanol–water partition coefficient (Wildman–Crippen LogP) is 1.13. The molecule has 0 bridgehead atoms. The molecule has 0 unspecified atom stereocenters. The molecule has 2 rings (SSSR count). The van der Waals surface area contributed by atoms with Gasteiger partial charge in [0, 0.05) is 0 Å². The minimum atomic E-state index is -1.06. The van der Waals surface area contributed by atoms with Crippen molar-refractivity contribution < 1.29 is 33.1 Å². The molecule has 0 aromatic heterocycles. The van der Waals surface area contributed by atoms with Crippen molar-refractivity contribution in [1.29, 1.82) is 0 Å². The Morgan fingerprint density at radius 3 is 2.41 bits per heavy atom. The maximum absolute atomic E-state index is 13.4. The first-order chi connectivity index (χ1) is 13.7. The summed E-state index contributed by atoms with van der Waals surface area (Å²) in [5.41, 5.74) is -1.19. The molecule has 6 amide bonds. The zero-order chi connectivity index (χ0) is 21.6. The van der Waals surface area contributed by atoms with Crippen molar-refractivity contribution in [2.24, 2.45) is 0 Å². The monoisotopic (exact) mass is 408 g/mol. The fourth-order valence-electron chi connectivity index (χ4n) is 2.75. The number of urea groups is 2. The predicted molar refractivity (Wildman–Crippen MR) is 98.1 cm³/mol. The third kappa shape index (κ3) is 5.06. The van der Waals surface area contributed by atoms with E-state index >= 15 is 0 Å². The Bertz CT molecular complexity index is 839. The summed E-state index contributed by atoms with van der Waals surface area (Å²) in [4.78, 5) is 60.3. The van der Waals surface area contributed by atoms with Gasteiger partial charge in [-0.05, 0) is 25.0 Å². The van der Waals surface area contributed by atoms with E-state index in [4.69, 9.17) is 4.74 Å². The molecule has 1 saturated heterocycles. The Hall–Kier alpha value is -3.50. The number of imide groups is 2. The lowest BCUT2D eigenvalue weighted by atomic mass is 9.93. The van der Waals surface area contributed by atoms with Crippen molar-refractivity contribution in [2.75, 3.05) is 18.5 Å². The molecule has 1 aliphatic rings. The number of para-hydroxylation sites is 1. The number of rotatable bonds is 7. The summed E-state index contributed by atoms with van der Waals surface area (Å²) in [6.07, 6.45) is 0.721. The number of hydrogen-bond acceptors (Lipinski definition) is 6. The molecule has 0 spiro atoms. The Morgan fingerprint density at radius 1 is 1.17 bits per heavy atom. The summed E-state index contributed by atoms with van der Waals surface area (Å²) < 4.78 is 18.1. The van der Waals surface area contributed by atoms with E-state index in [1.807, 2.05) is 5.32 Å². The Kier molecular flexibility index (Phi) is 6.86. The van der Waals surface area contributed by atoms with Crippen LogP contribution in [0.15, 0.2) is 24.3 Å². The first-order valence-corrected chi connectivity index (χ1v) is 8.87. The van der Waals surface area contributed by atoms with Crippen molar-refractivity contribution >= 4 is 35.5 Å². The second-order valence-corrected chi connectivity index (χ2v) is 6.25. The van der Waals surface area contributed by atoms with Gasteiger partial charge in [-0.1, -0.05) is 26.0 Å². The van der Waals surface area contributed by atoms with Crippen molar-refractivity contribution in [1.82, 2.24) is 15.5 Å². The highest BCUT2D eigenvalue weighted by atomic mass is 19.1. The average molecular weight is 408 g/mol. The number of benzene rings is 1. The van der Waals surface area contributed by atoms with Gasteiger partial charge < -0.3 is 15.4 Å². The molecule has 11 heteroatoms. The number of nitrogens with one attached hydrogen (secondary N) is 3. The molecule has 10 nitrogen and oxygen atoms in total. The number of carbonyl (C=O) groups is 5. The molecular formula is C18H21FN4O6. The van der Waals surface area contributed by atoms with Gasteiger partial charge in [0.1, 0.15) is 17.9 Å². The number of halogens is 1. The number of esters is 1. The van der Waals surface area contributed by atoms with Crippen LogP contribution in [0.4, 0.5) is 19.7 Å². The highest BCUT2D eigenvalue weighted by molar-refractivity contribution is 6.08. The van der Waals surface area contributed by atoms with Crippen LogP contribution < -0.4 is 16.0 Å². The van der Waals surface area contributed by atoms with Crippen LogP contribution >= 0.6 is 0 Å². The molecule has 1 aliphatic heterocycles. The van der Waals surface area contributed by atoms with Gasteiger partial charge in [-0.3, -0.25) is 24.6 Å². The first kappa shape index (κ1) is 21.8. The third-order valence-corrected chi connectivity index (χ3v) is 4.48. The molecule has 29 heavy (non-hydrogen) atoms. The van der Waals surface area contributed by atoms with Gasteiger partial charge in [0.25, 0.3) is 11.8 Å². The first-order valence-electron chi connectivity index (χ1n) is 8.87. The van der Waals surface area contributed by atoms with Crippen LogP contribution in [0, 0.1) is 5.82 Å². The average Bonchev–Trinajstić information content (AvgIpc) is 2.92. The Balaban J connectivity index is 1.81. The molecule has 156 valence electrons. The van der Waals surface area contributed by atoms with Crippen molar-refractivity contribution in [3.8, 4) is 0 Å². The molecule has 0 aliphatic carbocycles. The highest BCUT2D eigenvalue weighted by Gasteiger charge is 2.49. The van der Waals surface area contributed by atoms with E-state index in [1.54, 1.807) is 13.8 Å². The lowest BCUT2D eigenvalue weighted by molar-refractivity contribution is -0.150. The van der Waals surface area contributed by atoms with Gasteiger partial charge >= 0.3 is 18.0 Å². The van der Waals surface area contributed by atoms with Gasteiger partial charge in [0.05, 0.1) is 5.69 Å². The van der Waals surface area contributed by atoms with E-state index in [2.05, 4.69) is 10.6 Å². The van der Waals surface area contributed by atoms with Crippen LogP contribution in [-0.2, 0) is 19.1 Å². The fraction of sp³-hybridized carbons (Fsp3) is 0.389. The highest BCUT2D eigenvalue weighted by Crippen LogP contribution is 2.24. The van der Waals surface area contributed by atoms with E-state index in [0.29, 0.717) is 12.8 Å². The Morgan fingerprint density at radius 2 is 1.83 bits per heavy atom. The summed E-state index contributed by atoms with van der Waals surface area (Å²) in [6, 6.07) is 3.61. The lowest BCUT2D eigenvalue weighted by Gasteiger charge is -2.22. The lowest BCUT2D eigenvalue weighted by Crippen LogP contribution is -2.46. The molecular weight excluding hydrogens is 387 g/mol. The van der Waals surface area contributed by atoms with Crippen molar-refractivity contribution in [3.05, 3.63) is 30.1 Å². The normalized spacial score (nSPS) is 14.9. The van der Waals surface area contributed by atoms with Crippen LogP contribution in [0.2, 0.25) is 0 Å². The zero-order valence-corrected chi connectivity index (χ0v) is 15.9. The molecule has 3 N–H and O–H groups in total. The van der Waals surface area contributed by atoms with E-state index in [9.17, 15) is 28.4 Å². The second-order valence-electron chi connectivity index (χ2n) is 6.25. The number of hydrogen-bond donors (Lipinski definition) is 3. The number of anilines is 1. The van der Waals surface area contributed by atoms with Crippen LogP contribution in [0.1, 0.15) is 26.7 Å². The summed E-state index contributed by atoms with van der Waals surface area (Å²) >= 11 is 0. The van der Waals surface area contributed by atoms with Gasteiger partial charge in [0.15, 0.2) is 6.61 Å². The topological polar surface area (TPSA) is 134 Å². The molecule has 1 aromatic rings. The van der Waals surface area contributed by atoms with E-state index in [-0.39, 0.29) is 5.69 Å². The molecule has 0 saturated carbocycles. The largest absolute Gasteiger partial charge is 0.454 e. The third-order valence-electron chi connectivity index (χ3n) is 4.48. The smallest absolute Gasteiger partial charge is 0.326 e. The van der Waals surface area contributed by atoms with Crippen LogP contribution in [0.25, 0.3) is 0 Å². The SMILES string of the molecule is CCC1(CC)NC(=O)N(CC(=O)OCC(=O)NC(=O)Nc2ccccc2F)C1=O. The fourth-order valence-corrected chi connectivity index (χ4v) is 2.75. The van der Waals surface area contributed by atoms with Crippen LogP contribution in [-0.4, -0.2) is 53.4 Å². The molecule has 1 fully saturated rings. The number of carbonyl (C=O) groups excluding carboxylic acids is 5. The minimum Gasteiger partial charge on any atom is -0.454 e.